The first-order chi connectivity index (χ1) is 3.84. The molecule has 0 aromatic rings. The predicted molar refractivity (Wildman–Crippen MR) is 32.8 cm³/mol. The number of hydrogen-bond donors (Lipinski definition) is 1. The van der Waals surface area contributed by atoms with Crippen LogP contribution in [0.1, 0.15) is 6.92 Å². The minimum atomic E-state index is 0.454. The molecule has 1 fully saturated rings. The molecule has 0 radical (unpaired) electrons. The monoisotopic (exact) mass is 115 g/mol. The second-order valence-corrected chi connectivity index (χ2v) is 2.41. The molecule has 0 aromatic carbocycles. The highest BCUT2D eigenvalue weighted by Gasteiger charge is 2.21. The van der Waals surface area contributed by atoms with Crippen LogP contribution in [0.3, 0.4) is 0 Å². The van der Waals surface area contributed by atoms with Crippen molar-refractivity contribution in [2.45, 2.75) is 13.0 Å². The van der Waals surface area contributed by atoms with E-state index in [4.69, 9.17) is 4.74 Å². The second-order valence-electron chi connectivity index (χ2n) is 2.41. The Balaban J connectivity index is 2.30. The van der Waals surface area contributed by atoms with E-state index in [1.807, 2.05) is 0 Å². The Morgan fingerprint density at radius 2 is 2.25 bits per heavy atom. The molecule has 2 atom stereocenters. The smallest absolute Gasteiger partial charge is 0.0733 e. The highest BCUT2D eigenvalue weighted by molar-refractivity contribution is 4.77. The fraction of sp³-hybridized carbons (Fsp3) is 1.00. The lowest BCUT2D eigenvalue weighted by Gasteiger charge is -2.09. The normalized spacial score (nSPS) is 38.2. The van der Waals surface area contributed by atoms with Crippen LogP contribution >= 0.6 is 0 Å². The standard InChI is InChI=1S/C6H13NO/c1-5-3-7-4-6(5)8-2/h5-7H,3-4H2,1-2H3. The van der Waals surface area contributed by atoms with Gasteiger partial charge < -0.3 is 10.1 Å². The summed E-state index contributed by atoms with van der Waals surface area (Å²) in [5.41, 5.74) is 0. The van der Waals surface area contributed by atoms with Gasteiger partial charge in [0.25, 0.3) is 0 Å². The van der Waals surface area contributed by atoms with Gasteiger partial charge in [-0.2, -0.15) is 0 Å². The van der Waals surface area contributed by atoms with E-state index in [2.05, 4.69) is 12.2 Å². The van der Waals surface area contributed by atoms with Gasteiger partial charge in [-0.1, -0.05) is 6.92 Å². The lowest BCUT2D eigenvalue weighted by Crippen LogP contribution is -2.18. The van der Waals surface area contributed by atoms with Crippen LogP contribution < -0.4 is 5.32 Å². The molecule has 1 heterocycles. The van der Waals surface area contributed by atoms with Crippen molar-refractivity contribution >= 4 is 0 Å². The Labute approximate surface area is 50.2 Å². The first kappa shape index (κ1) is 6.05. The quantitative estimate of drug-likeness (QED) is 0.528. The maximum atomic E-state index is 5.16. The summed E-state index contributed by atoms with van der Waals surface area (Å²) in [5, 5.41) is 3.25. The summed E-state index contributed by atoms with van der Waals surface area (Å²) in [5.74, 6) is 0.694. The van der Waals surface area contributed by atoms with E-state index in [9.17, 15) is 0 Å². The van der Waals surface area contributed by atoms with Crippen molar-refractivity contribution in [1.82, 2.24) is 5.32 Å². The zero-order chi connectivity index (χ0) is 5.98. The average molecular weight is 115 g/mol. The second kappa shape index (κ2) is 2.46. The van der Waals surface area contributed by atoms with E-state index in [1.165, 1.54) is 0 Å². The van der Waals surface area contributed by atoms with Crippen molar-refractivity contribution in [3.05, 3.63) is 0 Å². The van der Waals surface area contributed by atoms with E-state index >= 15 is 0 Å². The van der Waals surface area contributed by atoms with Gasteiger partial charge in [0, 0.05) is 20.2 Å². The van der Waals surface area contributed by atoms with Gasteiger partial charge in [-0.15, -0.1) is 0 Å². The number of rotatable bonds is 1. The molecular formula is C6H13NO. The molecule has 0 spiro atoms. The molecule has 0 saturated carbocycles. The molecule has 1 rings (SSSR count). The van der Waals surface area contributed by atoms with Crippen LogP contribution in [0, 0.1) is 5.92 Å². The number of methoxy groups -OCH3 is 1. The van der Waals surface area contributed by atoms with Crippen molar-refractivity contribution in [2.24, 2.45) is 5.92 Å². The zero-order valence-electron chi connectivity index (χ0n) is 5.48. The van der Waals surface area contributed by atoms with Crippen LogP contribution in [0.15, 0.2) is 0 Å². The molecular weight excluding hydrogens is 102 g/mol. The van der Waals surface area contributed by atoms with Gasteiger partial charge in [-0.3, -0.25) is 0 Å². The molecule has 0 aromatic heterocycles. The van der Waals surface area contributed by atoms with Crippen molar-refractivity contribution < 1.29 is 4.74 Å². The average Bonchev–Trinajstić information content (AvgIpc) is 2.14. The SMILES string of the molecule is COC1CNCC1C. The van der Waals surface area contributed by atoms with Crippen LogP contribution in [-0.4, -0.2) is 26.3 Å². The van der Waals surface area contributed by atoms with Gasteiger partial charge in [-0.25, -0.2) is 0 Å². The van der Waals surface area contributed by atoms with Crippen molar-refractivity contribution in [1.29, 1.82) is 0 Å². The molecule has 0 amide bonds. The lowest BCUT2D eigenvalue weighted by molar-refractivity contribution is 0.0892. The first-order valence-corrected chi connectivity index (χ1v) is 3.08. The first-order valence-electron chi connectivity index (χ1n) is 3.08. The predicted octanol–water partition coefficient (Wildman–Crippen LogP) is 0.241. The van der Waals surface area contributed by atoms with Gasteiger partial charge >= 0.3 is 0 Å². The highest BCUT2D eigenvalue weighted by atomic mass is 16.5. The van der Waals surface area contributed by atoms with Crippen LogP contribution in [0.4, 0.5) is 0 Å². The van der Waals surface area contributed by atoms with Gasteiger partial charge in [0.05, 0.1) is 6.10 Å². The summed E-state index contributed by atoms with van der Waals surface area (Å²) in [6.45, 7) is 4.34. The molecule has 8 heavy (non-hydrogen) atoms. The van der Waals surface area contributed by atoms with Crippen LogP contribution in [0.5, 0.6) is 0 Å². The van der Waals surface area contributed by atoms with Crippen molar-refractivity contribution in [3.63, 3.8) is 0 Å². The van der Waals surface area contributed by atoms with Gasteiger partial charge in [0.1, 0.15) is 0 Å². The largest absolute Gasteiger partial charge is 0.380 e. The molecule has 1 aliphatic heterocycles. The summed E-state index contributed by atoms with van der Waals surface area (Å²) in [6.07, 6.45) is 0.454. The Kier molecular flexibility index (Phi) is 1.86. The summed E-state index contributed by atoms with van der Waals surface area (Å²) in [7, 11) is 1.77. The van der Waals surface area contributed by atoms with Crippen LogP contribution in [0.25, 0.3) is 0 Å². The lowest BCUT2D eigenvalue weighted by atomic mass is 10.1. The van der Waals surface area contributed by atoms with E-state index < -0.39 is 0 Å². The molecule has 2 unspecified atom stereocenters. The van der Waals surface area contributed by atoms with Crippen molar-refractivity contribution in [3.8, 4) is 0 Å². The summed E-state index contributed by atoms with van der Waals surface area (Å²) < 4.78 is 5.16. The molecule has 2 heteroatoms. The summed E-state index contributed by atoms with van der Waals surface area (Å²) in [6, 6.07) is 0. The van der Waals surface area contributed by atoms with Gasteiger partial charge in [0.2, 0.25) is 0 Å². The molecule has 2 nitrogen and oxygen atoms in total. The molecule has 0 aliphatic carbocycles. The Morgan fingerprint density at radius 3 is 2.50 bits per heavy atom. The van der Waals surface area contributed by atoms with Gasteiger partial charge in [0.15, 0.2) is 0 Å². The number of hydrogen-bond acceptors (Lipinski definition) is 2. The number of nitrogens with one attached hydrogen (secondary N) is 1. The Morgan fingerprint density at radius 1 is 1.50 bits per heavy atom. The van der Waals surface area contributed by atoms with E-state index in [0.717, 1.165) is 13.1 Å². The topological polar surface area (TPSA) is 21.3 Å². The zero-order valence-corrected chi connectivity index (χ0v) is 5.48. The van der Waals surface area contributed by atoms with Crippen molar-refractivity contribution in [2.75, 3.05) is 20.2 Å². The van der Waals surface area contributed by atoms with E-state index in [-0.39, 0.29) is 0 Å². The fourth-order valence-corrected chi connectivity index (χ4v) is 1.10. The third kappa shape index (κ3) is 1.01. The molecule has 1 N–H and O–H groups in total. The fourth-order valence-electron chi connectivity index (χ4n) is 1.10. The molecule has 0 bridgehead atoms. The summed E-state index contributed by atoms with van der Waals surface area (Å²) >= 11 is 0. The maximum absolute atomic E-state index is 5.16. The van der Waals surface area contributed by atoms with Crippen LogP contribution in [-0.2, 0) is 4.74 Å². The third-order valence-corrected chi connectivity index (χ3v) is 1.75. The maximum Gasteiger partial charge on any atom is 0.0733 e. The van der Waals surface area contributed by atoms with Gasteiger partial charge in [-0.05, 0) is 5.92 Å². The van der Waals surface area contributed by atoms with E-state index in [0.29, 0.717) is 12.0 Å². The third-order valence-electron chi connectivity index (χ3n) is 1.75. The molecule has 1 aliphatic rings. The van der Waals surface area contributed by atoms with E-state index in [1.54, 1.807) is 7.11 Å². The van der Waals surface area contributed by atoms with Crippen LogP contribution in [0.2, 0.25) is 0 Å². The Bertz CT molecular complexity index is 74.9. The highest BCUT2D eigenvalue weighted by Crippen LogP contribution is 2.09. The minimum Gasteiger partial charge on any atom is -0.380 e. The number of ether oxygens (including phenoxy) is 1. The molecule has 48 valence electrons. The summed E-state index contributed by atoms with van der Waals surface area (Å²) in [4.78, 5) is 0. The molecule has 1 saturated heterocycles. The minimum absolute atomic E-state index is 0.454. The Hall–Kier alpha value is -0.0800.